The average Bonchev–Trinajstić information content (AvgIpc) is 3.23. The van der Waals surface area contributed by atoms with Crippen molar-refractivity contribution in [2.45, 2.75) is 48.2 Å². The lowest BCUT2D eigenvalue weighted by atomic mass is 9.79. The minimum Gasteiger partial charge on any atom is -0.361 e. The van der Waals surface area contributed by atoms with Gasteiger partial charge in [0, 0.05) is 30.0 Å². The second-order valence-electron chi connectivity index (χ2n) is 7.61. The fourth-order valence-corrected chi connectivity index (χ4v) is 4.84. The fourth-order valence-electron chi connectivity index (χ4n) is 3.90. The third-order valence-corrected chi connectivity index (χ3v) is 6.46. The highest BCUT2D eigenvalue weighted by atomic mass is 32.2. The molecule has 0 radical (unpaired) electrons. The Kier molecular flexibility index (Phi) is 6.72. The molecule has 1 aliphatic rings. The maximum atomic E-state index is 13.4. The molecule has 0 bridgehead atoms. The Morgan fingerprint density at radius 1 is 1.13 bits per heavy atom. The van der Waals surface area contributed by atoms with Crippen LogP contribution in [0.3, 0.4) is 0 Å². The molecule has 4 rings (SSSR count). The Hall–Kier alpha value is -2.65. The summed E-state index contributed by atoms with van der Waals surface area (Å²) in [6.45, 7) is 2.58. The molecular formula is C22H23FN6S2. The van der Waals surface area contributed by atoms with Crippen LogP contribution in [0.25, 0.3) is 0 Å². The van der Waals surface area contributed by atoms with Gasteiger partial charge in [0.1, 0.15) is 10.8 Å². The number of benzene rings is 1. The predicted molar refractivity (Wildman–Crippen MR) is 124 cm³/mol. The normalized spacial score (nSPS) is 14.9. The first-order valence-electron chi connectivity index (χ1n) is 10.1. The van der Waals surface area contributed by atoms with Crippen LogP contribution in [-0.4, -0.2) is 31.6 Å². The molecule has 31 heavy (non-hydrogen) atoms. The number of aryl methyl sites for hydroxylation is 1. The number of thiocarbonyl (C=S) groups is 1. The third-order valence-electron chi connectivity index (χ3n) is 5.40. The van der Waals surface area contributed by atoms with E-state index >= 15 is 0 Å². The van der Waals surface area contributed by atoms with E-state index in [1.165, 1.54) is 23.9 Å². The quantitative estimate of drug-likeness (QED) is 0.316. The van der Waals surface area contributed by atoms with Crippen molar-refractivity contribution in [2.75, 3.05) is 11.9 Å². The Morgan fingerprint density at radius 2 is 1.84 bits per heavy atom. The molecule has 9 heteroatoms. The van der Waals surface area contributed by atoms with E-state index in [1.807, 2.05) is 25.1 Å². The minimum absolute atomic E-state index is 0.0431. The van der Waals surface area contributed by atoms with Crippen LogP contribution in [0, 0.1) is 12.7 Å². The smallest absolute Gasteiger partial charge is 0.230 e. The highest BCUT2D eigenvalue weighted by Gasteiger charge is 2.35. The average molecular weight is 455 g/mol. The zero-order valence-electron chi connectivity index (χ0n) is 17.1. The molecule has 6 nitrogen and oxygen atoms in total. The number of anilines is 1. The van der Waals surface area contributed by atoms with Crippen LogP contribution in [0.4, 0.5) is 10.3 Å². The highest BCUT2D eigenvalue weighted by molar-refractivity contribution is 7.99. The van der Waals surface area contributed by atoms with Crippen LogP contribution < -0.4 is 10.6 Å². The molecule has 2 aromatic heterocycles. The first kappa shape index (κ1) is 21.6. The van der Waals surface area contributed by atoms with Gasteiger partial charge in [-0.1, -0.05) is 25.0 Å². The standard InChI is InChI=1S/C22H23FN6S2/c1-15-13-18(31-21-24-11-4-12-25-21)28-19(27-15)29-20(30)26-14-22(9-2-3-10-22)16-5-7-17(23)8-6-16/h4-8,11-13H,2-3,9-10,14H2,1H3,(H2,26,27,28,29,30). The van der Waals surface area contributed by atoms with Crippen molar-refractivity contribution in [3.8, 4) is 0 Å². The summed E-state index contributed by atoms with van der Waals surface area (Å²) in [6, 6.07) is 10.5. The zero-order valence-corrected chi connectivity index (χ0v) is 18.8. The van der Waals surface area contributed by atoms with E-state index in [0.717, 1.165) is 42.0 Å². The van der Waals surface area contributed by atoms with Crippen LogP contribution in [0.5, 0.6) is 0 Å². The lowest BCUT2D eigenvalue weighted by molar-refractivity contribution is 0.434. The van der Waals surface area contributed by atoms with Gasteiger partial charge < -0.3 is 10.6 Å². The van der Waals surface area contributed by atoms with Crippen molar-refractivity contribution in [3.63, 3.8) is 0 Å². The number of aromatic nitrogens is 4. The molecule has 0 saturated heterocycles. The van der Waals surface area contributed by atoms with Crippen LogP contribution in [0.15, 0.2) is 59.0 Å². The molecule has 160 valence electrons. The molecule has 0 unspecified atom stereocenters. The molecule has 0 spiro atoms. The van der Waals surface area contributed by atoms with Gasteiger partial charge in [-0.3, -0.25) is 0 Å². The summed E-state index contributed by atoms with van der Waals surface area (Å²) in [5.41, 5.74) is 1.92. The van der Waals surface area contributed by atoms with Crippen LogP contribution in [0.1, 0.15) is 36.9 Å². The topological polar surface area (TPSA) is 75.6 Å². The Labute approximate surface area is 190 Å². The van der Waals surface area contributed by atoms with E-state index in [2.05, 4.69) is 30.6 Å². The van der Waals surface area contributed by atoms with E-state index in [9.17, 15) is 4.39 Å². The van der Waals surface area contributed by atoms with E-state index in [-0.39, 0.29) is 11.2 Å². The van der Waals surface area contributed by atoms with E-state index in [1.54, 1.807) is 18.5 Å². The van der Waals surface area contributed by atoms with Crippen LogP contribution in [-0.2, 0) is 5.41 Å². The summed E-state index contributed by atoms with van der Waals surface area (Å²) in [4.78, 5) is 17.4. The van der Waals surface area contributed by atoms with Crippen molar-refractivity contribution >= 4 is 35.0 Å². The number of hydrogen-bond donors (Lipinski definition) is 2. The van der Waals surface area contributed by atoms with Gasteiger partial charge in [0.05, 0.1) is 0 Å². The molecule has 2 heterocycles. The summed E-state index contributed by atoms with van der Waals surface area (Å²) >= 11 is 6.88. The molecule has 1 saturated carbocycles. The number of rotatable bonds is 6. The van der Waals surface area contributed by atoms with Crippen LogP contribution >= 0.6 is 24.0 Å². The number of nitrogens with zero attached hydrogens (tertiary/aromatic N) is 4. The van der Waals surface area contributed by atoms with Gasteiger partial charge in [-0.25, -0.2) is 24.3 Å². The maximum absolute atomic E-state index is 13.4. The Balaban J connectivity index is 1.42. The number of nitrogens with one attached hydrogen (secondary N) is 2. The van der Waals surface area contributed by atoms with E-state index in [4.69, 9.17) is 12.2 Å². The van der Waals surface area contributed by atoms with Gasteiger partial charge in [0.15, 0.2) is 10.3 Å². The summed E-state index contributed by atoms with van der Waals surface area (Å²) in [7, 11) is 0. The number of hydrogen-bond acceptors (Lipinski definition) is 6. The van der Waals surface area contributed by atoms with Gasteiger partial charge in [-0.15, -0.1) is 0 Å². The van der Waals surface area contributed by atoms with Gasteiger partial charge >= 0.3 is 0 Å². The SMILES string of the molecule is Cc1cc(Sc2ncccn2)nc(NC(=S)NCC2(c3ccc(F)cc3)CCCC2)n1. The fraction of sp³-hybridized carbons (Fsp3) is 0.318. The lowest BCUT2D eigenvalue weighted by Crippen LogP contribution is -2.41. The predicted octanol–water partition coefficient (Wildman–Crippen LogP) is 4.66. The molecule has 2 N–H and O–H groups in total. The molecule has 1 aliphatic carbocycles. The maximum Gasteiger partial charge on any atom is 0.230 e. The van der Waals surface area contributed by atoms with Crippen molar-refractivity contribution in [2.24, 2.45) is 0 Å². The minimum atomic E-state index is -0.215. The lowest BCUT2D eigenvalue weighted by Gasteiger charge is -2.30. The monoisotopic (exact) mass is 454 g/mol. The van der Waals surface area contributed by atoms with Gasteiger partial charge in [-0.05, 0) is 73.6 Å². The van der Waals surface area contributed by atoms with Crippen molar-refractivity contribution < 1.29 is 4.39 Å². The second-order valence-corrected chi connectivity index (χ2v) is 9.00. The molecular weight excluding hydrogens is 431 g/mol. The van der Waals surface area contributed by atoms with E-state index < -0.39 is 0 Å². The second kappa shape index (κ2) is 9.65. The van der Waals surface area contributed by atoms with Gasteiger partial charge in [-0.2, -0.15) is 0 Å². The highest BCUT2D eigenvalue weighted by Crippen LogP contribution is 2.40. The summed E-state index contributed by atoms with van der Waals surface area (Å²) in [5, 5.41) is 8.25. The summed E-state index contributed by atoms with van der Waals surface area (Å²) in [5.74, 6) is 0.214. The first-order chi connectivity index (χ1) is 15.0. The molecule has 3 aromatic rings. The Bertz CT molecular complexity index is 1040. The zero-order chi connectivity index (χ0) is 21.7. The first-order valence-corrected chi connectivity index (χ1v) is 11.4. The third kappa shape index (κ3) is 5.54. The molecule has 1 aromatic carbocycles. The molecule has 0 atom stereocenters. The number of halogens is 1. The largest absolute Gasteiger partial charge is 0.361 e. The van der Waals surface area contributed by atoms with Gasteiger partial charge in [0.25, 0.3) is 0 Å². The van der Waals surface area contributed by atoms with Crippen molar-refractivity contribution in [1.29, 1.82) is 0 Å². The molecule has 0 amide bonds. The van der Waals surface area contributed by atoms with Crippen LogP contribution in [0.2, 0.25) is 0 Å². The molecule has 1 fully saturated rings. The van der Waals surface area contributed by atoms with Crippen molar-refractivity contribution in [3.05, 3.63) is 65.9 Å². The van der Waals surface area contributed by atoms with Crippen molar-refractivity contribution in [1.82, 2.24) is 25.3 Å². The Morgan fingerprint density at radius 3 is 2.55 bits per heavy atom. The summed E-state index contributed by atoms with van der Waals surface area (Å²) < 4.78 is 13.4. The molecule has 0 aliphatic heterocycles. The van der Waals surface area contributed by atoms with Gasteiger partial charge in [0.2, 0.25) is 5.95 Å². The summed E-state index contributed by atoms with van der Waals surface area (Å²) in [6.07, 6.45) is 7.80. The van der Waals surface area contributed by atoms with E-state index in [0.29, 0.717) is 22.8 Å².